The van der Waals surface area contributed by atoms with Crippen molar-refractivity contribution in [2.75, 3.05) is 29.4 Å². The second kappa shape index (κ2) is 9.86. The largest absolute Gasteiger partial charge is 0.462 e. The first-order chi connectivity index (χ1) is 17.8. The predicted octanol–water partition coefficient (Wildman–Crippen LogP) is 5.11. The summed E-state index contributed by atoms with van der Waals surface area (Å²) < 4.78 is 34.6. The highest BCUT2D eigenvalue weighted by Gasteiger charge is 2.29. The fourth-order valence-electron chi connectivity index (χ4n) is 4.78. The number of anilines is 2. The first-order valence-corrected chi connectivity index (χ1v) is 13.7. The average Bonchev–Trinajstić information content (AvgIpc) is 3.28. The van der Waals surface area contributed by atoms with E-state index in [1.165, 1.54) is 34.1 Å². The Hall–Kier alpha value is -3.91. The maximum atomic E-state index is 14.1. The molecule has 7 nitrogen and oxygen atoms in total. The molecule has 0 amide bonds. The zero-order valence-corrected chi connectivity index (χ0v) is 22.0. The number of likely N-dealkylation sites (N-methyl/N-ethyl adjacent to an activating group) is 1. The molecule has 3 aromatic carbocycles. The minimum absolute atomic E-state index is 0.0770. The van der Waals surface area contributed by atoms with Gasteiger partial charge in [0.1, 0.15) is 5.82 Å². The van der Waals surface area contributed by atoms with Crippen LogP contribution in [0.5, 0.6) is 0 Å². The van der Waals surface area contributed by atoms with E-state index in [1.807, 2.05) is 44.3 Å². The predicted molar refractivity (Wildman–Crippen MR) is 146 cm³/mol. The van der Waals surface area contributed by atoms with Crippen molar-refractivity contribution in [3.63, 3.8) is 0 Å². The van der Waals surface area contributed by atoms with Crippen LogP contribution in [-0.2, 0) is 27.7 Å². The molecule has 1 aromatic heterocycles. The lowest BCUT2D eigenvalue weighted by molar-refractivity contribution is 0.0526. The number of esters is 1. The third-order valence-electron chi connectivity index (χ3n) is 6.82. The van der Waals surface area contributed by atoms with E-state index < -0.39 is 16.0 Å². The molecule has 190 valence electrons. The molecular formula is C29H29N3O4S. The molecule has 8 heteroatoms. The van der Waals surface area contributed by atoms with Gasteiger partial charge in [-0.25, -0.2) is 22.5 Å². The Morgan fingerprint density at radius 2 is 1.84 bits per heavy atom. The fraction of sp³-hybridized carbons (Fsp3) is 0.241. The van der Waals surface area contributed by atoms with E-state index in [1.54, 1.807) is 13.1 Å². The highest BCUT2D eigenvalue weighted by molar-refractivity contribution is 7.92. The Labute approximate surface area is 217 Å². The van der Waals surface area contributed by atoms with Gasteiger partial charge in [-0.3, -0.25) is 0 Å². The lowest BCUT2D eigenvalue weighted by Crippen LogP contribution is -2.32. The first kappa shape index (κ1) is 24.8. The van der Waals surface area contributed by atoms with Crippen molar-refractivity contribution in [2.45, 2.75) is 31.7 Å². The number of fused-ring (bicyclic) bond motifs is 2. The second-order valence-electron chi connectivity index (χ2n) is 9.19. The number of pyridine rings is 1. The van der Waals surface area contributed by atoms with Crippen LogP contribution in [0.1, 0.15) is 34.0 Å². The maximum absolute atomic E-state index is 14.1. The summed E-state index contributed by atoms with van der Waals surface area (Å²) in [6.45, 7) is 4.93. The van der Waals surface area contributed by atoms with Gasteiger partial charge in [0.2, 0.25) is 0 Å². The Kier molecular flexibility index (Phi) is 6.60. The summed E-state index contributed by atoms with van der Waals surface area (Å²) in [5.41, 5.74) is 4.33. The van der Waals surface area contributed by atoms with E-state index in [0.717, 1.165) is 40.6 Å². The van der Waals surface area contributed by atoms with E-state index in [0.29, 0.717) is 11.4 Å². The highest BCUT2D eigenvalue weighted by Crippen LogP contribution is 2.33. The van der Waals surface area contributed by atoms with Crippen molar-refractivity contribution < 1.29 is 17.9 Å². The van der Waals surface area contributed by atoms with Crippen LogP contribution in [0.15, 0.2) is 77.8 Å². The summed E-state index contributed by atoms with van der Waals surface area (Å²) in [6.07, 6.45) is 2.69. The maximum Gasteiger partial charge on any atom is 0.338 e. The summed E-state index contributed by atoms with van der Waals surface area (Å²) >= 11 is 0. The van der Waals surface area contributed by atoms with Gasteiger partial charge in [-0.05, 0) is 67.1 Å². The highest BCUT2D eigenvalue weighted by atomic mass is 32.2. The molecule has 0 unspecified atom stereocenters. The molecule has 0 N–H and O–H groups in total. The summed E-state index contributed by atoms with van der Waals surface area (Å²) in [4.78, 5) is 19.0. The SMILES string of the molecule is CCOC(=O)c1ccc(S(=O)(=O)N(Cc2ccc3c(c2)N(C)CC3)c2ncc3ccccc3c2C)cc1. The van der Waals surface area contributed by atoms with Gasteiger partial charge >= 0.3 is 5.97 Å². The molecule has 5 rings (SSSR count). The molecular weight excluding hydrogens is 486 g/mol. The van der Waals surface area contributed by atoms with Crippen LogP contribution in [0.25, 0.3) is 10.8 Å². The van der Waals surface area contributed by atoms with E-state index in [2.05, 4.69) is 22.0 Å². The lowest BCUT2D eigenvalue weighted by Gasteiger charge is -2.26. The van der Waals surface area contributed by atoms with Crippen LogP contribution in [0.3, 0.4) is 0 Å². The van der Waals surface area contributed by atoms with E-state index in [9.17, 15) is 13.2 Å². The number of nitrogens with zero attached hydrogens (tertiary/aromatic N) is 3. The van der Waals surface area contributed by atoms with E-state index >= 15 is 0 Å². The molecule has 0 fully saturated rings. The Morgan fingerprint density at radius 1 is 1.08 bits per heavy atom. The normalized spacial score (nSPS) is 13.0. The van der Waals surface area contributed by atoms with Gasteiger partial charge in [0.05, 0.1) is 23.6 Å². The Morgan fingerprint density at radius 3 is 2.59 bits per heavy atom. The number of aromatic nitrogens is 1. The number of rotatable bonds is 7. The van der Waals surface area contributed by atoms with Crippen LogP contribution in [0, 0.1) is 6.92 Å². The fourth-order valence-corrected chi connectivity index (χ4v) is 6.24. The number of sulfonamides is 1. The second-order valence-corrected chi connectivity index (χ2v) is 11.0. The average molecular weight is 516 g/mol. The van der Waals surface area contributed by atoms with Gasteiger partial charge in [0.25, 0.3) is 10.0 Å². The summed E-state index contributed by atoms with van der Waals surface area (Å²) in [6, 6.07) is 19.8. The third-order valence-corrected chi connectivity index (χ3v) is 8.57. The first-order valence-electron chi connectivity index (χ1n) is 12.3. The molecule has 1 aliphatic heterocycles. The molecule has 0 radical (unpaired) electrons. The van der Waals surface area contributed by atoms with E-state index in [-0.39, 0.29) is 18.0 Å². The molecule has 0 spiro atoms. The standard InChI is InChI=1S/C29H29N3O4S/c1-4-36-29(33)23-11-13-25(14-12-23)37(34,35)32(19-21-9-10-22-15-16-31(3)27(22)17-21)28-20(2)26-8-6-5-7-24(26)18-30-28/h5-14,17-18H,4,15-16,19H2,1-3H3. The molecule has 0 bridgehead atoms. The van der Waals surface area contributed by atoms with Crippen LogP contribution < -0.4 is 9.21 Å². The van der Waals surface area contributed by atoms with Gasteiger partial charge in [-0.15, -0.1) is 0 Å². The van der Waals surface area contributed by atoms with Crippen molar-refractivity contribution in [1.29, 1.82) is 0 Å². The van der Waals surface area contributed by atoms with Crippen LogP contribution in [-0.4, -0.2) is 39.6 Å². The monoisotopic (exact) mass is 515 g/mol. The molecule has 0 saturated heterocycles. The van der Waals surface area contributed by atoms with Crippen LogP contribution in [0.2, 0.25) is 0 Å². The minimum atomic E-state index is -4.02. The molecule has 37 heavy (non-hydrogen) atoms. The van der Waals surface area contributed by atoms with Gasteiger partial charge in [0, 0.05) is 36.4 Å². The zero-order chi connectivity index (χ0) is 26.2. The number of aryl methyl sites for hydroxylation is 1. The van der Waals surface area contributed by atoms with Gasteiger partial charge in [-0.1, -0.05) is 36.4 Å². The van der Waals surface area contributed by atoms with Gasteiger partial charge in [-0.2, -0.15) is 0 Å². The van der Waals surface area contributed by atoms with Gasteiger partial charge in [0.15, 0.2) is 0 Å². The van der Waals surface area contributed by atoms with Crippen molar-refractivity contribution >= 4 is 38.3 Å². The number of hydrogen-bond donors (Lipinski definition) is 0. The Bertz CT molecular complexity index is 1580. The Balaban J connectivity index is 1.60. The van der Waals surface area contributed by atoms with Crippen molar-refractivity contribution in [3.05, 3.63) is 95.2 Å². The summed E-state index contributed by atoms with van der Waals surface area (Å²) in [7, 11) is -1.97. The smallest absolute Gasteiger partial charge is 0.338 e. The molecule has 0 aliphatic carbocycles. The third kappa shape index (κ3) is 4.64. The number of carbonyl (C=O) groups excluding carboxylic acids is 1. The molecule has 0 saturated carbocycles. The summed E-state index contributed by atoms with van der Waals surface area (Å²) in [5, 5.41) is 1.89. The summed E-state index contributed by atoms with van der Waals surface area (Å²) in [5.74, 6) is -0.111. The lowest BCUT2D eigenvalue weighted by atomic mass is 10.1. The molecule has 2 heterocycles. The number of hydrogen-bond acceptors (Lipinski definition) is 6. The van der Waals surface area contributed by atoms with Crippen molar-refractivity contribution in [3.8, 4) is 0 Å². The van der Waals surface area contributed by atoms with Gasteiger partial charge < -0.3 is 9.64 Å². The molecule has 0 atom stereocenters. The number of ether oxygens (including phenoxy) is 1. The topological polar surface area (TPSA) is 79.8 Å². The van der Waals surface area contributed by atoms with Crippen molar-refractivity contribution in [2.24, 2.45) is 0 Å². The van der Waals surface area contributed by atoms with Crippen molar-refractivity contribution in [1.82, 2.24) is 4.98 Å². The quantitative estimate of drug-likeness (QED) is 0.318. The minimum Gasteiger partial charge on any atom is -0.462 e. The molecule has 4 aromatic rings. The number of benzene rings is 3. The number of carbonyl (C=O) groups is 1. The van der Waals surface area contributed by atoms with E-state index in [4.69, 9.17) is 4.74 Å². The van der Waals surface area contributed by atoms with Crippen LogP contribution >= 0.6 is 0 Å². The van der Waals surface area contributed by atoms with Crippen LogP contribution in [0.4, 0.5) is 11.5 Å². The molecule has 1 aliphatic rings. The zero-order valence-electron chi connectivity index (χ0n) is 21.1.